The minimum atomic E-state index is -0.738. The monoisotopic (exact) mass is 393 g/mol. The number of rotatable bonds is 6. The molecule has 1 aromatic heterocycles. The lowest BCUT2D eigenvalue weighted by Crippen LogP contribution is -2.34. The van der Waals surface area contributed by atoms with Crippen molar-refractivity contribution in [2.45, 2.75) is 6.92 Å². The predicted molar refractivity (Wildman–Crippen MR) is 104 cm³/mol. The molecule has 8 nitrogen and oxygen atoms in total. The highest BCUT2D eigenvalue weighted by Crippen LogP contribution is 2.17. The molecule has 0 unspecified atom stereocenters. The first-order valence-corrected chi connectivity index (χ1v) is 8.75. The second-order valence-corrected chi connectivity index (χ2v) is 6.08. The summed E-state index contributed by atoms with van der Waals surface area (Å²) in [5, 5.41) is 6.36. The highest BCUT2D eigenvalue weighted by molar-refractivity contribution is 6.07. The van der Waals surface area contributed by atoms with E-state index in [1.165, 1.54) is 13.2 Å². The number of methoxy groups -OCH3 is 1. The highest BCUT2D eigenvalue weighted by atomic mass is 16.5. The van der Waals surface area contributed by atoms with Crippen LogP contribution in [0.5, 0.6) is 5.75 Å². The summed E-state index contributed by atoms with van der Waals surface area (Å²) in [6.07, 6.45) is 1.68. The van der Waals surface area contributed by atoms with E-state index in [2.05, 4.69) is 10.4 Å². The Hall–Kier alpha value is -3.94. The van der Waals surface area contributed by atoms with Crippen molar-refractivity contribution in [2.75, 3.05) is 13.7 Å². The third-order valence-corrected chi connectivity index (χ3v) is 4.12. The normalized spacial score (nSPS) is 10.3. The number of para-hydroxylation sites is 1. The zero-order valence-electron chi connectivity index (χ0n) is 15.9. The maximum absolute atomic E-state index is 12.2. The second-order valence-electron chi connectivity index (χ2n) is 6.08. The van der Waals surface area contributed by atoms with Crippen LogP contribution in [0.4, 0.5) is 0 Å². The van der Waals surface area contributed by atoms with Crippen molar-refractivity contribution in [3.63, 3.8) is 0 Å². The van der Waals surface area contributed by atoms with E-state index < -0.39 is 24.4 Å². The summed E-state index contributed by atoms with van der Waals surface area (Å²) < 4.78 is 11.8. The van der Waals surface area contributed by atoms with Crippen molar-refractivity contribution in [3.05, 3.63) is 77.6 Å². The van der Waals surface area contributed by atoms with Crippen molar-refractivity contribution in [1.82, 2.24) is 15.1 Å². The summed E-state index contributed by atoms with van der Waals surface area (Å²) in [5.74, 6) is -1.71. The number of benzene rings is 2. The first kappa shape index (κ1) is 19.8. The number of aryl methyl sites for hydroxylation is 1. The number of nitrogens with zero attached hydrogens (tertiary/aromatic N) is 2. The molecule has 1 heterocycles. The van der Waals surface area contributed by atoms with Crippen molar-refractivity contribution < 1.29 is 23.9 Å². The molecule has 2 aromatic carbocycles. The number of esters is 1. The smallest absolute Gasteiger partial charge is 0.338 e. The van der Waals surface area contributed by atoms with Crippen LogP contribution in [0.25, 0.3) is 5.69 Å². The molecule has 2 amide bonds. The number of carbonyl (C=O) groups is 3. The van der Waals surface area contributed by atoms with Crippen LogP contribution in [0.3, 0.4) is 0 Å². The van der Waals surface area contributed by atoms with E-state index in [-0.39, 0.29) is 11.1 Å². The minimum Gasteiger partial charge on any atom is -0.496 e. The summed E-state index contributed by atoms with van der Waals surface area (Å²) in [7, 11) is 1.43. The van der Waals surface area contributed by atoms with Crippen molar-refractivity contribution >= 4 is 17.8 Å². The Kier molecular flexibility index (Phi) is 6.03. The summed E-state index contributed by atoms with van der Waals surface area (Å²) in [5.41, 5.74) is 2.24. The van der Waals surface area contributed by atoms with Gasteiger partial charge in [0.2, 0.25) is 0 Å². The molecular formula is C21H19N3O5. The molecule has 8 heteroatoms. The summed E-state index contributed by atoms with van der Waals surface area (Å²) >= 11 is 0. The minimum absolute atomic E-state index is 0.208. The summed E-state index contributed by atoms with van der Waals surface area (Å²) in [4.78, 5) is 36.3. The number of amides is 2. The number of carbonyl (C=O) groups excluding carboxylic acids is 3. The van der Waals surface area contributed by atoms with Gasteiger partial charge >= 0.3 is 5.97 Å². The van der Waals surface area contributed by atoms with Crippen LogP contribution in [0.1, 0.15) is 26.4 Å². The topological polar surface area (TPSA) is 99.5 Å². The van der Waals surface area contributed by atoms with Crippen LogP contribution in [0.2, 0.25) is 0 Å². The Morgan fingerprint density at radius 1 is 1.03 bits per heavy atom. The molecule has 0 spiro atoms. The molecule has 0 fully saturated rings. The van der Waals surface area contributed by atoms with Gasteiger partial charge in [-0.25, -0.2) is 9.48 Å². The fourth-order valence-corrected chi connectivity index (χ4v) is 2.66. The molecule has 0 saturated heterocycles. The Morgan fingerprint density at radius 3 is 2.41 bits per heavy atom. The maximum atomic E-state index is 12.2. The number of hydrogen-bond acceptors (Lipinski definition) is 6. The van der Waals surface area contributed by atoms with E-state index >= 15 is 0 Å². The Balaban J connectivity index is 1.55. The third-order valence-electron chi connectivity index (χ3n) is 4.12. The lowest BCUT2D eigenvalue weighted by Gasteiger charge is -2.09. The third kappa shape index (κ3) is 4.67. The van der Waals surface area contributed by atoms with E-state index in [1.807, 2.05) is 13.0 Å². The van der Waals surface area contributed by atoms with Gasteiger partial charge in [0.05, 0.1) is 23.9 Å². The fourth-order valence-electron chi connectivity index (χ4n) is 2.66. The van der Waals surface area contributed by atoms with E-state index in [9.17, 15) is 14.4 Å². The number of nitrogens with one attached hydrogen (secondary N) is 1. The van der Waals surface area contributed by atoms with Crippen molar-refractivity contribution in [3.8, 4) is 11.4 Å². The van der Waals surface area contributed by atoms with E-state index in [1.54, 1.807) is 53.3 Å². The molecule has 0 atom stereocenters. The number of hydrogen-bond donors (Lipinski definition) is 1. The zero-order valence-corrected chi connectivity index (χ0v) is 15.9. The molecule has 3 rings (SSSR count). The zero-order chi connectivity index (χ0) is 20.8. The van der Waals surface area contributed by atoms with Crippen LogP contribution in [0.15, 0.2) is 60.8 Å². The van der Waals surface area contributed by atoms with Gasteiger partial charge in [-0.05, 0) is 49.4 Å². The second kappa shape index (κ2) is 8.83. The first-order valence-electron chi connectivity index (χ1n) is 8.75. The van der Waals surface area contributed by atoms with Crippen molar-refractivity contribution in [2.24, 2.45) is 0 Å². The average Bonchev–Trinajstić information content (AvgIpc) is 3.17. The molecule has 0 bridgehead atoms. The average molecular weight is 393 g/mol. The first-order chi connectivity index (χ1) is 14.0. The largest absolute Gasteiger partial charge is 0.496 e. The molecule has 148 valence electrons. The van der Waals surface area contributed by atoms with Crippen molar-refractivity contribution in [1.29, 1.82) is 0 Å². The fraction of sp³-hybridized carbons (Fsp3) is 0.143. The Bertz CT molecular complexity index is 1040. The van der Waals surface area contributed by atoms with Gasteiger partial charge < -0.3 is 9.47 Å². The van der Waals surface area contributed by atoms with Crippen LogP contribution >= 0.6 is 0 Å². The van der Waals surface area contributed by atoms with Crippen LogP contribution in [-0.4, -0.2) is 41.3 Å². The van der Waals surface area contributed by atoms with Gasteiger partial charge in [-0.1, -0.05) is 12.1 Å². The molecule has 0 saturated carbocycles. The quantitative estimate of drug-likeness (QED) is 0.645. The standard InChI is InChI=1S/C21H19N3O5/c1-14-11-12-22-24(14)16-9-7-15(8-10-16)21(27)29-13-19(25)23-20(26)17-5-3-4-6-18(17)28-2/h3-12H,13H2,1-2H3,(H,23,25,26). The lowest BCUT2D eigenvalue weighted by atomic mass is 10.2. The van der Waals surface area contributed by atoms with Crippen LogP contribution < -0.4 is 10.1 Å². The number of imide groups is 1. The summed E-state index contributed by atoms with van der Waals surface area (Å²) in [6, 6.07) is 15.0. The highest BCUT2D eigenvalue weighted by Gasteiger charge is 2.16. The van der Waals surface area contributed by atoms with E-state index in [4.69, 9.17) is 9.47 Å². The maximum Gasteiger partial charge on any atom is 0.338 e. The molecule has 0 radical (unpaired) electrons. The van der Waals surface area contributed by atoms with Crippen LogP contribution in [0, 0.1) is 6.92 Å². The van der Waals surface area contributed by atoms with Gasteiger partial charge in [0.15, 0.2) is 6.61 Å². The lowest BCUT2D eigenvalue weighted by molar-refractivity contribution is -0.123. The SMILES string of the molecule is COc1ccccc1C(=O)NC(=O)COC(=O)c1ccc(-n2nccc2C)cc1. The molecular weight excluding hydrogens is 374 g/mol. The number of ether oxygens (including phenoxy) is 2. The van der Waals surface area contributed by atoms with Gasteiger partial charge in [-0.3, -0.25) is 14.9 Å². The van der Waals surface area contributed by atoms with Gasteiger partial charge in [0.25, 0.3) is 11.8 Å². The molecule has 0 aliphatic carbocycles. The molecule has 29 heavy (non-hydrogen) atoms. The van der Waals surface area contributed by atoms with Gasteiger partial charge in [-0.15, -0.1) is 0 Å². The Morgan fingerprint density at radius 2 is 1.76 bits per heavy atom. The van der Waals surface area contributed by atoms with E-state index in [0.717, 1.165) is 11.4 Å². The van der Waals surface area contributed by atoms with Gasteiger partial charge in [0.1, 0.15) is 5.75 Å². The van der Waals surface area contributed by atoms with Gasteiger partial charge in [0, 0.05) is 11.9 Å². The molecule has 0 aliphatic rings. The van der Waals surface area contributed by atoms with Gasteiger partial charge in [-0.2, -0.15) is 5.10 Å². The Labute approximate surface area is 167 Å². The van der Waals surface area contributed by atoms with E-state index in [0.29, 0.717) is 5.75 Å². The predicted octanol–water partition coefficient (Wildman–Crippen LogP) is 2.30. The van der Waals surface area contributed by atoms with Crippen LogP contribution in [-0.2, 0) is 9.53 Å². The molecule has 1 N–H and O–H groups in total. The summed E-state index contributed by atoms with van der Waals surface area (Å²) in [6.45, 7) is 1.33. The molecule has 0 aliphatic heterocycles. The number of aromatic nitrogens is 2. The molecule has 3 aromatic rings.